The number of piperidine rings is 1. The molecular weight excluding hydrogens is 255 g/mol. The minimum Gasteiger partial charge on any atom is -0.335 e. The van der Waals surface area contributed by atoms with E-state index >= 15 is 0 Å². The van der Waals surface area contributed by atoms with E-state index in [9.17, 15) is 9.18 Å². The van der Waals surface area contributed by atoms with Crippen molar-refractivity contribution in [3.05, 3.63) is 35.1 Å². The minimum absolute atomic E-state index is 0.0991. The largest absolute Gasteiger partial charge is 0.335 e. The number of likely N-dealkylation sites (tertiary alicyclic amines) is 1. The minimum atomic E-state index is -0.406. The quantitative estimate of drug-likeness (QED) is 0.792. The number of nitrogens with zero attached hydrogens (tertiary/aromatic N) is 1. The van der Waals surface area contributed by atoms with Gasteiger partial charge in [-0.3, -0.25) is 4.79 Å². The lowest BCUT2D eigenvalue weighted by atomic mass is 10.0. The van der Waals surface area contributed by atoms with Gasteiger partial charge in [-0.2, -0.15) is 0 Å². The summed E-state index contributed by atoms with van der Waals surface area (Å²) in [6.07, 6.45) is 3.36. The average molecular weight is 272 g/mol. The number of hydrogen-bond acceptors (Lipinski definition) is 2. The molecule has 3 rings (SSSR count). The molecule has 1 saturated carbocycles. The summed E-state index contributed by atoms with van der Waals surface area (Å²) < 4.78 is 13.5. The molecule has 2 bridgehead atoms. The first kappa shape index (κ1) is 13.1. The Morgan fingerprint density at radius 1 is 1.45 bits per heavy atom. The predicted octanol–water partition coefficient (Wildman–Crippen LogP) is 1.76. The predicted molar refractivity (Wildman–Crippen MR) is 74.5 cm³/mol. The molecule has 0 aromatic heterocycles. The van der Waals surface area contributed by atoms with Gasteiger partial charge in [-0.15, -0.1) is 0 Å². The van der Waals surface area contributed by atoms with E-state index in [-0.39, 0.29) is 12.5 Å². The highest BCUT2D eigenvalue weighted by atomic mass is 19.1. The maximum atomic E-state index is 13.5. The molecule has 1 aliphatic heterocycles. The van der Waals surface area contributed by atoms with Crippen molar-refractivity contribution in [1.82, 2.24) is 4.90 Å². The lowest BCUT2D eigenvalue weighted by molar-refractivity contribution is 0.0703. The zero-order valence-electron chi connectivity index (χ0n) is 11.2. The van der Waals surface area contributed by atoms with Crippen molar-refractivity contribution in [2.24, 2.45) is 11.7 Å². The fourth-order valence-electron chi connectivity index (χ4n) is 3.28. The standard InChI is InChI=1S/C16H17FN2O/c17-13-5-4-12(2-1-7-18)15(9-13)16(20)19-10-11-3-6-14(19)8-11/h4-5,9,11,14H,3,6-8,10,18H2. The van der Waals surface area contributed by atoms with Crippen molar-refractivity contribution in [3.8, 4) is 11.8 Å². The Morgan fingerprint density at radius 3 is 2.95 bits per heavy atom. The number of halogens is 1. The van der Waals surface area contributed by atoms with Crippen molar-refractivity contribution in [1.29, 1.82) is 0 Å². The molecule has 1 aliphatic carbocycles. The maximum Gasteiger partial charge on any atom is 0.255 e. The van der Waals surface area contributed by atoms with E-state index in [4.69, 9.17) is 5.73 Å². The molecule has 1 aromatic carbocycles. The maximum absolute atomic E-state index is 13.5. The third-order valence-electron chi connectivity index (χ3n) is 4.21. The second kappa shape index (κ2) is 5.26. The van der Waals surface area contributed by atoms with Gasteiger partial charge >= 0.3 is 0 Å². The van der Waals surface area contributed by atoms with Gasteiger partial charge in [0, 0.05) is 18.2 Å². The number of amides is 1. The van der Waals surface area contributed by atoms with Crippen molar-refractivity contribution < 1.29 is 9.18 Å². The van der Waals surface area contributed by atoms with Crippen molar-refractivity contribution >= 4 is 5.91 Å². The highest BCUT2D eigenvalue weighted by molar-refractivity contribution is 5.97. The molecular formula is C16H17FN2O. The molecule has 104 valence electrons. The van der Waals surface area contributed by atoms with Crippen LogP contribution < -0.4 is 5.73 Å². The zero-order valence-corrected chi connectivity index (χ0v) is 11.2. The summed E-state index contributed by atoms with van der Waals surface area (Å²) in [6, 6.07) is 4.49. The van der Waals surface area contributed by atoms with E-state index in [0.29, 0.717) is 23.1 Å². The van der Waals surface area contributed by atoms with Crippen LogP contribution in [0.5, 0.6) is 0 Å². The van der Waals surface area contributed by atoms with Crippen LogP contribution in [0, 0.1) is 23.6 Å². The number of nitrogens with two attached hydrogens (primary N) is 1. The second-order valence-electron chi connectivity index (χ2n) is 5.49. The summed E-state index contributed by atoms with van der Waals surface area (Å²) in [7, 11) is 0. The monoisotopic (exact) mass is 272 g/mol. The van der Waals surface area contributed by atoms with Crippen LogP contribution in [0.15, 0.2) is 18.2 Å². The van der Waals surface area contributed by atoms with Gasteiger partial charge in [-0.1, -0.05) is 11.8 Å². The zero-order chi connectivity index (χ0) is 14.1. The number of rotatable bonds is 1. The summed E-state index contributed by atoms with van der Waals surface area (Å²) in [5, 5.41) is 0. The van der Waals surface area contributed by atoms with Gasteiger partial charge in [-0.05, 0) is 43.4 Å². The van der Waals surface area contributed by atoms with Crippen molar-refractivity contribution in [2.45, 2.75) is 25.3 Å². The van der Waals surface area contributed by atoms with Crippen LogP contribution in [0.4, 0.5) is 4.39 Å². The molecule has 20 heavy (non-hydrogen) atoms. The molecule has 0 radical (unpaired) electrons. The number of fused-ring (bicyclic) bond motifs is 2. The Hall–Kier alpha value is -1.86. The fraction of sp³-hybridized carbons (Fsp3) is 0.438. The fourth-order valence-corrected chi connectivity index (χ4v) is 3.28. The molecule has 1 saturated heterocycles. The molecule has 2 N–H and O–H groups in total. The third-order valence-corrected chi connectivity index (χ3v) is 4.21. The number of carbonyl (C=O) groups is 1. The van der Waals surface area contributed by atoms with E-state index in [2.05, 4.69) is 11.8 Å². The molecule has 2 unspecified atom stereocenters. The SMILES string of the molecule is NCC#Cc1ccc(F)cc1C(=O)N1CC2CCC1C2. The Balaban J connectivity index is 1.92. The van der Waals surface area contributed by atoms with Crippen LogP contribution in [0.2, 0.25) is 0 Å². The van der Waals surface area contributed by atoms with Gasteiger partial charge in [0.15, 0.2) is 0 Å². The van der Waals surface area contributed by atoms with Crippen LogP contribution in [-0.4, -0.2) is 29.9 Å². The van der Waals surface area contributed by atoms with Crippen LogP contribution >= 0.6 is 0 Å². The van der Waals surface area contributed by atoms with Crippen LogP contribution in [-0.2, 0) is 0 Å². The highest BCUT2D eigenvalue weighted by Gasteiger charge is 2.40. The molecule has 1 heterocycles. The first-order chi connectivity index (χ1) is 9.69. The number of hydrogen-bond donors (Lipinski definition) is 1. The van der Waals surface area contributed by atoms with E-state index in [1.54, 1.807) is 6.07 Å². The van der Waals surface area contributed by atoms with Gasteiger partial charge in [0.1, 0.15) is 5.82 Å². The van der Waals surface area contributed by atoms with E-state index in [1.807, 2.05) is 4.90 Å². The first-order valence-corrected chi connectivity index (χ1v) is 6.98. The summed E-state index contributed by atoms with van der Waals surface area (Å²) >= 11 is 0. The molecule has 2 fully saturated rings. The van der Waals surface area contributed by atoms with Crippen molar-refractivity contribution in [2.75, 3.05) is 13.1 Å². The van der Waals surface area contributed by atoms with Gasteiger partial charge in [0.25, 0.3) is 5.91 Å². The Bertz CT molecular complexity index is 602. The highest BCUT2D eigenvalue weighted by Crippen LogP contribution is 2.38. The molecule has 2 atom stereocenters. The molecule has 0 spiro atoms. The second-order valence-corrected chi connectivity index (χ2v) is 5.49. The smallest absolute Gasteiger partial charge is 0.255 e. The lowest BCUT2D eigenvalue weighted by Crippen LogP contribution is -2.38. The molecule has 1 aromatic rings. The summed E-state index contributed by atoms with van der Waals surface area (Å²) in [5.74, 6) is 5.70. The number of benzene rings is 1. The molecule has 1 amide bonds. The first-order valence-electron chi connectivity index (χ1n) is 6.98. The molecule has 4 heteroatoms. The van der Waals surface area contributed by atoms with Crippen LogP contribution in [0.1, 0.15) is 35.2 Å². The molecule has 3 nitrogen and oxygen atoms in total. The topological polar surface area (TPSA) is 46.3 Å². The van der Waals surface area contributed by atoms with Crippen molar-refractivity contribution in [3.63, 3.8) is 0 Å². The Labute approximate surface area is 117 Å². The van der Waals surface area contributed by atoms with Gasteiger partial charge < -0.3 is 10.6 Å². The van der Waals surface area contributed by atoms with Gasteiger partial charge in [0.2, 0.25) is 0 Å². The van der Waals surface area contributed by atoms with E-state index in [1.165, 1.54) is 18.6 Å². The molecule has 2 aliphatic rings. The van der Waals surface area contributed by atoms with Gasteiger partial charge in [0.05, 0.1) is 12.1 Å². The number of carbonyl (C=O) groups excluding carboxylic acids is 1. The van der Waals surface area contributed by atoms with Crippen LogP contribution in [0.3, 0.4) is 0 Å². The van der Waals surface area contributed by atoms with Gasteiger partial charge in [-0.25, -0.2) is 4.39 Å². The van der Waals surface area contributed by atoms with E-state index < -0.39 is 5.82 Å². The normalized spacial score (nSPS) is 23.6. The average Bonchev–Trinajstić information content (AvgIpc) is 3.08. The Kier molecular flexibility index (Phi) is 3.45. The summed E-state index contributed by atoms with van der Waals surface area (Å²) in [6.45, 7) is 1.02. The Morgan fingerprint density at radius 2 is 2.30 bits per heavy atom. The summed E-state index contributed by atoms with van der Waals surface area (Å²) in [4.78, 5) is 14.5. The lowest BCUT2D eigenvalue weighted by Gasteiger charge is -2.27. The van der Waals surface area contributed by atoms with Crippen LogP contribution in [0.25, 0.3) is 0 Å². The van der Waals surface area contributed by atoms with E-state index in [0.717, 1.165) is 19.4 Å². The summed E-state index contributed by atoms with van der Waals surface area (Å²) in [5.41, 5.74) is 6.28. The third kappa shape index (κ3) is 2.30.